The first kappa shape index (κ1) is 32.6. The fraction of sp³-hybridized carbons (Fsp3) is 0.389. The Labute approximate surface area is 250 Å². The predicted octanol–water partition coefficient (Wildman–Crippen LogP) is 8.33. The second-order valence-corrected chi connectivity index (χ2v) is 23.2. The standard InChI is InChI=1S/C36H48O3Si2/c1-28(33(27-38-40(9,10)35(3,4)5)39-34(37)30-20-14-11-15-21-30)26-29(2)41(36(6,7)8,31-22-16-12-17-23-31)32-24-18-13-19-25-32/h11-25,33H,27H2,1-10H3/t26?,33-/m1/s1. The second-order valence-electron chi connectivity index (χ2n) is 13.5. The maximum Gasteiger partial charge on any atom is 0.338 e. The molecule has 3 rings (SSSR count). The van der Waals surface area contributed by atoms with Crippen LogP contribution in [0.3, 0.4) is 0 Å². The highest BCUT2D eigenvalue weighted by atomic mass is 28.4. The number of carbonyl (C=O) groups excluding carboxylic acids is 1. The van der Waals surface area contributed by atoms with E-state index in [4.69, 9.17) is 9.16 Å². The summed E-state index contributed by atoms with van der Waals surface area (Å²) in [6.07, 6.45) is -0.551. The SMILES string of the molecule is CC(=C=C(C)[Si](c1ccccc1)(c1ccccc1)C(C)(C)C)[C@@H](CO[Si](C)(C)C(C)(C)C)OC(=O)c1ccccc1. The van der Waals surface area contributed by atoms with Crippen LogP contribution >= 0.6 is 0 Å². The topological polar surface area (TPSA) is 35.5 Å². The summed E-state index contributed by atoms with van der Waals surface area (Å²) in [5.41, 5.74) is 5.22. The Bertz CT molecular complexity index is 1320. The minimum Gasteiger partial charge on any atom is -0.451 e. The molecule has 1 atom stereocenters. The van der Waals surface area contributed by atoms with Gasteiger partial charge in [-0.25, -0.2) is 4.79 Å². The van der Waals surface area contributed by atoms with E-state index in [1.54, 1.807) is 12.1 Å². The van der Waals surface area contributed by atoms with Crippen molar-refractivity contribution in [1.82, 2.24) is 0 Å². The summed E-state index contributed by atoms with van der Waals surface area (Å²) in [7, 11) is -4.63. The normalized spacial score (nSPS) is 13.2. The van der Waals surface area contributed by atoms with Gasteiger partial charge in [0.2, 0.25) is 0 Å². The maximum absolute atomic E-state index is 13.3. The molecule has 3 aromatic rings. The van der Waals surface area contributed by atoms with Crippen molar-refractivity contribution in [1.29, 1.82) is 0 Å². The van der Waals surface area contributed by atoms with Gasteiger partial charge in [-0.05, 0) is 64.7 Å². The highest BCUT2D eigenvalue weighted by Crippen LogP contribution is 2.40. The molecule has 41 heavy (non-hydrogen) atoms. The first-order valence-corrected chi connectivity index (χ1v) is 19.5. The molecular weight excluding hydrogens is 537 g/mol. The molecular formula is C36H48O3Si2. The molecule has 5 heteroatoms. The highest BCUT2D eigenvalue weighted by Gasteiger charge is 2.49. The summed E-state index contributed by atoms with van der Waals surface area (Å²) >= 11 is 0. The van der Waals surface area contributed by atoms with E-state index in [0.29, 0.717) is 12.2 Å². The van der Waals surface area contributed by atoms with Crippen LogP contribution in [0, 0.1) is 0 Å². The summed E-state index contributed by atoms with van der Waals surface area (Å²) < 4.78 is 12.8. The van der Waals surface area contributed by atoms with Crippen molar-refractivity contribution in [3.05, 3.63) is 113 Å². The van der Waals surface area contributed by atoms with Crippen LogP contribution < -0.4 is 10.4 Å². The van der Waals surface area contributed by atoms with Crippen LogP contribution in [0.1, 0.15) is 65.7 Å². The summed E-state index contributed by atoms with van der Waals surface area (Å²) in [4.78, 5) is 13.3. The molecule has 0 radical (unpaired) electrons. The number of esters is 1. The third-order valence-corrected chi connectivity index (χ3v) is 19.0. The second kappa shape index (κ2) is 12.9. The molecule has 0 bridgehead atoms. The summed E-state index contributed by atoms with van der Waals surface area (Å²) in [5, 5.41) is 3.87. The molecule has 0 heterocycles. The van der Waals surface area contributed by atoms with Crippen LogP contribution in [0.5, 0.6) is 0 Å². The molecule has 0 N–H and O–H groups in total. The van der Waals surface area contributed by atoms with Gasteiger partial charge in [0.05, 0.1) is 12.2 Å². The van der Waals surface area contributed by atoms with E-state index >= 15 is 0 Å². The van der Waals surface area contributed by atoms with E-state index in [1.165, 1.54) is 15.6 Å². The van der Waals surface area contributed by atoms with Gasteiger partial charge >= 0.3 is 5.97 Å². The smallest absolute Gasteiger partial charge is 0.338 e. The molecule has 0 saturated carbocycles. The van der Waals surface area contributed by atoms with E-state index in [9.17, 15) is 4.79 Å². The number of hydrogen-bond acceptors (Lipinski definition) is 3. The fourth-order valence-electron chi connectivity index (χ4n) is 5.39. The Morgan fingerprint density at radius 1 is 0.732 bits per heavy atom. The number of ether oxygens (including phenoxy) is 1. The van der Waals surface area contributed by atoms with Gasteiger partial charge in [-0.1, -0.05) is 120 Å². The molecule has 0 unspecified atom stereocenters. The van der Waals surface area contributed by atoms with Gasteiger partial charge in [-0.2, -0.15) is 0 Å². The summed E-state index contributed by atoms with van der Waals surface area (Å²) in [5.74, 6) is -0.348. The largest absolute Gasteiger partial charge is 0.451 e. The van der Waals surface area contributed by atoms with Crippen LogP contribution in [0.25, 0.3) is 0 Å². The van der Waals surface area contributed by atoms with Crippen molar-refractivity contribution in [2.45, 2.75) is 84.7 Å². The zero-order valence-corrected chi connectivity index (χ0v) is 28.7. The fourth-order valence-corrected chi connectivity index (χ4v) is 12.2. The highest BCUT2D eigenvalue weighted by molar-refractivity contribution is 7.09. The average Bonchev–Trinajstić information content (AvgIpc) is 2.91. The van der Waals surface area contributed by atoms with E-state index < -0.39 is 22.5 Å². The van der Waals surface area contributed by atoms with Gasteiger partial charge in [0, 0.05) is 5.57 Å². The van der Waals surface area contributed by atoms with Crippen LogP contribution in [0.4, 0.5) is 0 Å². The number of rotatable bonds is 9. The van der Waals surface area contributed by atoms with Crippen molar-refractivity contribution in [3.8, 4) is 0 Å². The Morgan fingerprint density at radius 2 is 1.17 bits per heavy atom. The van der Waals surface area contributed by atoms with Gasteiger partial charge in [0.1, 0.15) is 0 Å². The number of benzene rings is 3. The molecule has 0 aromatic heterocycles. The zero-order chi connectivity index (χ0) is 30.5. The van der Waals surface area contributed by atoms with Gasteiger partial charge in [0.15, 0.2) is 22.5 Å². The zero-order valence-electron chi connectivity index (χ0n) is 26.7. The van der Waals surface area contributed by atoms with E-state index in [1.807, 2.05) is 25.1 Å². The van der Waals surface area contributed by atoms with E-state index in [2.05, 4.69) is 128 Å². The van der Waals surface area contributed by atoms with E-state index in [-0.39, 0.29) is 16.0 Å². The van der Waals surface area contributed by atoms with Crippen molar-refractivity contribution in [2.24, 2.45) is 0 Å². The first-order chi connectivity index (χ1) is 19.1. The van der Waals surface area contributed by atoms with Crippen LogP contribution in [0.15, 0.2) is 107 Å². The lowest BCUT2D eigenvalue weighted by molar-refractivity contribution is 0.0257. The van der Waals surface area contributed by atoms with Crippen molar-refractivity contribution in [2.75, 3.05) is 6.61 Å². The average molecular weight is 585 g/mol. The Hall–Kier alpha value is -2.96. The molecule has 0 aliphatic rings. The Kier molecular flexibility index (Phi) is 10.3. The summed E-state index contributed by atoms with van der Waals surface area (Å²) in [6, 6.07) is 30.9. The van der Waals surface area contributed by atoms with Crippen LogP contribution in [0.2, 0.25) is 23.2 Å². The Balaban J connectivity index is 2.21. The lowest BCUT2D eigenvalue weighted by Gasteiger charge is -2.44. The maximum atomic E-state index is 13.3. The van der Waals surface area contributed by atoms with Crippen molar-refractivity contribution < 1.29 is 14.0 Å². The Morgan fingerprint density at radius 3 is 1.59 bits per heavy atom. The van der Waals surface area contributed by atoms with Crippen LogP contribution in [-0.2, 0) is 9.16 Å². The molecule has 0 saturated heterocycles. The van der Waals surface area contributed by atoms with Gasteiger partial charge in [-0.15, -0.1) is 5.73 Å². The first-order valence-electron chi connectivity index (χ1n) is 14.6. The molecule has 0 aliphatic heterocycles. The van der Waals surface area contributed by atoms with Crippen molar-refractivity contribution >= 4 is 32.7 Å². The van der Waals surface area contributed by atoms with Crippen LogP contribution in [-0.4, -0.2) is 35.1 Å². The molecule has 3 aromatic carbocycles. The van der Waals surface area contributed by atoms with Gasteiger partial charge < -0.3 is 9.16 Å². The number of carbonyl (C=O) groups is 1. The third kappa shape index (κ3) is 7.28. The molecule has 3 nitrogen and oxygen atoms in total. The van der Waals surface area contributed by atoms with E-state index in [0.717, 1.165) is 5.57 Å². The lowest BCUT2D eigenvalue weighted by atomic mass is 10.2. The minimum absolute atomic E-state index is 0.0410. The summed E-state index contributed by atoms with van der Waals surface area (Å²) in [6.45, 7) is 22.7. The molecule has 218 valence electrons. The molecule has 0 amide bonds. The minimum atomic E-state index is -2.54. The molecule has 0 spiro atoms. The van der Waals surface area contributed by atoms with Gasteiger partial charge in [0.25, 0.3) is 0 Å². The quantitative estimate of drug-likeness (QED) is 0.144. The molecule has 0 aliphatic carbocycles. The molecule has 0 fully saturated rings. The monoisotopic (exact) mass is 584 g/mol. The van der Waals surface area contributed by atoms with Gasteiger partial charge in [-0.3, -0.25) is 0 Å². The predicted molar refractivity (Wildman–Crippen MR) is 178 cm³/mol. The number of hydrogen-bond donors (Lipinski definition) is 0. The third-order valence-electron chi connectivity index (χ3n) is 8.63. The lowest BCUT2D eigenvalue weighted by Crippen LogP contribution is -2.65. The van der Waals surface area contributed by atoms with Crippen molar-refractivity contribution in [3.63, 3.8) is 0 Å².